The average Bonchev–Trinajstić information content (AvgIpc) is 2.94. The molecule has 1 saturated heterocycles. The van der Waals surface area contributed by atoms with Crippen LogP contribution in [0.5, 0.6) is 0 Å². The molecule has 6 nitrogen and oxygen atoms in total. The topological polar surface area (TPSA) is 50.1 Å². The van der Waals surface area contributed by atoms with E-state index in [1.54, 1.807) is 12.4 Å². The van der Waals surface area contributed by atoms with Gasteiger partial charge in [0.05, 0.1) is 12.2 Å². The summed E-state index contributed by atoms with van der Waals surface area (Å²) in [5, 5.41) is 8.12. The first-order chi connectivity index (χ1) is 10.1. The Hall–Kier alpha value is -2.02. The van der Waals surface area contributed by atoms with Crippen LogP contribution in [0, 0.1) is 5.82 Å². The molecule has 112 valence electrons. The molecule has 0 spiro atoms. The third-order valence-corrected chi connectivity index (χ3v) is 4.02. The van der Waals surface area contributed by atoms with Crippen LogP contribution in [0.1, 0.15) is 18.8 Å². The van der Waals surface area contributed by atoms with Crippen molar-refractivity contribution in [2.24, 2.45) is 7.05 Å². The molecular formula is C14H19FN6. The summed E-state index contributed by atoms with van der Waals surface area (Å²) >= 11 is 0. The average molecular weight is 290 g/mol. The van der Waals surface area contributed by atoms with Crippen LogP contribution in [0.4, 0.5) is 10.2 Å². The molecule has 0 radical (unpaired) electrons. The van der Waals surface area contributed by atoms with E-state index in [9.17, 15) is 4.39 Å². The minimum absolute atomic E-state index is 0.237. The number of rotatable bonds is 3. The number of aryl methyl sites for hydroxylation is 1. The number of hydrogen-bond acceptors (Lipinski definition) is 5. The molecule has 0 N–H and O–H groups in total. The lowest BCUT2D eigenvalue weighted by Gasteiger charge is -2.38. The van der Waals surface area contributed by atoms with E-state index in [0.717, 1.165) is 37.8 Å². The Labute approximate surface area is 123 Å². The van der Waals surface area contributed by atoms with Crippen LogP contribution in [0.25, 0.3) is 0 Å². The lowest BCUT2D eigenvalue weighted by Crippen LogP contribution is -2.47. The van der Waals surface area contributed by atoms with Crippen molar-refractivity contribution < 1.29 is 4.39 Å². The SMILES string of the molecule is CC(c1nncn1C)N1CCN(c2ccc(F)cn2)CC1. The summed E-state index contributed by atoms with van der Waals surface area (Å²) in [7, 11) is 1.96. The fraction of sp³-hybridized carbons (Fsp3) is 0.500. The number of pyridine rings is 1. The number of aromatic nitrogens is 4. The van der Waals surface area contributed by atoms with Crippen molar-refractivity contribution in [3.8, 4) is 0 Å². The number of anilines is 1. The van der Waals surface area contributed by atoms with Gasteiger partial charge in [-0.1, -0.05) is 0 Å². The predicted octanol–water partition coefficient (Wildman–Crippen LogP) is 1.23. The first-order valence-electron chi connectivity index (χ1n) is 7.09. The Morgan fingerprint density at radius 1 is 1.19 bits per heavy atom. The fourth-order valence-corrected chi connectivity index (χ4v) is 2.73. The van der Waals surface area contributed by atoms with Crippen LogP contribution in [-0.4, -0.2) is 50.8 Å². The molecule has 0 saturated carbocycles. The summed E-state index contributed by atoms with van der Waals surface area (Å²) in [4.78, 5) is 8.70. The van der Waals surface area contributed by atoms with E-state index >= 15 is 0 Å². The molecule has 21 heavy (non-hydrogen) atoms. The molecule has 7 heteroatoms. The van der Waals surface area contributed by atoms with Gasteiger partial charge < -0.3 is 9.47 Å². The zero-order valence-corrected chi connectivity index (χ0v) is 12.3. The maximum absolute atomic E-state index is 12.9. The third kappa shape index (κ3) is 2.87. The lowest BCUT2D eigenvalue weighted by molar-refractivity contribution is 0.188. The number of hydrogen-bond donors (Lipinski definition) is 0. The highest BCUT2D eigenvalue weighted by Crippen LogP contribution is 2.21. The quantitative estimate of drug-likeness (QED) is 0.851. The van der Waals surface area contributed by atoms with E-state index in [2.05, 4.69) is 31.9 Å². The van der Waals surface area contributed by atoms with Crippen LogP contribution in [0.2, 0.25) is 0 Å². The molecule has 1 atom stereocenters. The van der Waals surface area contributed by atoms with Gasteiger partial charge in [0.15, 0.2) is 0 Å². The zero-order chi connectivity index (χ0) is 14.8. The van der Waals surface area contributed by atoms with Crippen molar-refractivity contribution in [1.29, 1.82) is 0 Å². The van der Waals surface area contributed by atoms with Gasteiger partial charge in [-0.3, -0.25) is 4.90 Å². The van der Waals surface area contributed by atoms with Crippen LogP contribution < -0.4 is 4.90 Å². The lowest BCUT2D eigenvalue weighted by atomic mass is 10.2. The molecule has 1 unspecified atom stereocenters. The number of halogens is 1. The molecule has 2 aromatic heterocycles. The summed E-state index contributed by atoms with van der Waals surface area (Å²) in [5.41, 5.74) is 0. The third-order valence-electron chi connectivity index (χ3n) is 4.02. The van der Waals surface area contributed by atoms with Gasteiger partial charge in [-0.25, -0.2) is 9.37 Å². The monoisotopic (exact) mass is 290 g/mol. The van der Waals surface area contributed by atoms with Gasteiger partial charge in [0, 0.05) is 33.2 Å². The zero-order valence-electron chi connectivity index (χ0n) is 12.3. The number of piperazine rings is 1. The van der Waals surface area contributed by atoms with E-state index in [4.69, 9.17) is 0 Å². The predicted molar refractivity (Wildman–Crippen MR) is 77.4 cm³/mol. The van der Waals surface area contributed by atoms with Crippen molar-refractivity contribution in [2.45, 2.75) is 13.0 Å². The largest absolute Gasteiger partial charge is 0.354 e. The molecule has 0 aliphatic carbocycles. The standard InChI is InChI=1S/C14H19FN6/c1-11(14-18-17-10-19(14)2)20-5-7-21(8-6-20)13-4-3-12(15)9-16-13/h3-4,9-11H,5-8H2,1-2H3. The smallest absolute Gasteiger partial charge is 0.149 e. The summed E-state index contributed by atoms with van der Waals surface area (Å²) in [6.45, 7) is 5.75. The Morgan fingerprint density at radius 3 is 2.52 bits per heavy atom. The summed E-state index contributed by atoms with van der Waals surface area (Å²) < 4.78 is 14.9. The summed E-state index contributed by atoms with van der Waals surface area (Å²) in [5.74, 6) is 1.51. The Kier molecular flexibility index (Phi) is 3.83. The Bertz CT molecular complexity index is 588. The molecule has 3 rings (SSSR count). The van der Waals surface area contributed by atoms with Gasteiger partial charge in [-0.2, -0.15) is 0 Å². The van der Waals surface area contributed by atoms with Gasteiger partial charge in [0.2, 0.25) is 0 Å². The highest BCUT2D eigenvalue weighted by molar-refractivity contribution is 5.38. The van der Waals surface area contributed by atoms with Crippen LogP contribution in [0.15, 0.2) is 24.7 Å². The minimum atomic E-state index is -0.298. The summed E-state index contributed by atoms with van der Waals surface area (Å²) in [6.07, 6.45) is 2.99. The molecule has 2 aromatic rings. The molecule has 0 aromatic carbocycles. The van der Waals surface area contributed by atoms with Crippen molar-refractivity contribution in [3.63, 3.8) is 0 Å². The first-order valence-corrected chi connectivity index (χ1v) is 7.09. The van der Waals surface area contributed by atoms with Gasteiger partial charge in [0.1, 0.15) is 23.8 Å². The van der Waals surface area contributed by atoms with Crippen LogP contribution in [-0.2, 0) is 7.05 Å². The van der Waals surface area contributed by atoms with Crippen molar-refractivity contribution in [1.82, 2.24) is 24.6 Å². The molecule has 1 fully saturated rings. The van der Waals surface area contributed by atoms with E-state index in [-0.39, 0.29) is 11.9 Å². The highest BCUT2D eigenvalue weighted by atomic mass is 19.1. The fourth-order valence-electron chi connectivity index (χ4n) is 2.73. The molecule has 0 bridgehead atoms. The second kappa shape index (κ2) is 5.77. The number of nitrogens with zero attached hydrogens (tertiary/aromatic N) is 6. The van der Waals surface area contributed by atoms with Crippen molar-refractivity contribution in [2.75, 3.05) is 31.1 Å². The maximum Gasteiger partial charge on any atom is 0.149 e. The van der Waals surface area contributed by atoms with E-state index in [0.29, 0.717) is 0 Å². The molecular weight excluding hydrogens is 271 g/mol. The van der Waals surface area contributed by atoms with Crippen LogP contribution >= 0.6 is 0 Å². The molecule has 1 aliphatic rings. The van der Waals surface area contributed by atoms with E-state index in [1.807, 2.05) is 11.6 Å². The van der Waals surface area contributed by atoms with E-state index < -0.39 is 0 Å². The highest BCUT2D eigenvalue weighted by Gasteiger charge is 2.25. The Morgan fingerprint density at radius 2 is 1.95 bits per heavy atom. The van der Waals surface area contributed by atoms with Gasteiger partial charge >= 0.3 is 0 Å². The molecule has 1 aliphatic heterocycles. The van der Waals surface area contributed by atoms with E-state index in [1.165, 1.54) is 12.3 Å². The molecule has 0 amide bonds. The van der Waals surface area contributed by atoms with Gasteiger partial charge in [0.25, 0.3) is 0 Å². The van der Waals surface area contributed by atoms with Crippen LogP contribution in [0.3, 0.4) is 0 Å². The Balaban J connectivity index is 1.62. The minimum Gasteiger partial charge on any atom is -0.354 e. The summed E-state index contributed by atoms with van der Waals surface area (Å²) in [6, 6.07) is 3.43. The second-order valence-electron chi connectivity index (χ2n) is 5.33. The second-order valence-corrected chi connectivity index (χ2v) is 5.33. The maximum atomic E-state index is 12.9. The molecule has 3 heterocycles. The normalized spacial score (nSPS) is 18.0. The van der Waals surface area contributed by atoms with Gasteiger partial charge in [-0.05, 0) is 19.1 Å². The van der Waals surface area contributed by atoms with Gasteiger partial charge in [-0.15, -0.1) is 10.2 Å². The van der Waals surface area contributed by atoms with Crippen molar-refractivity contribution >= 4 is 5.82 Å². The first kappa shape index (κ1) is 13.9. The van der Waals surface area contributed by atoms with Crippen molar-refractivity contribution in [3.05, 3.63) is 36.3 Å².